The zero-order valence-electron chi connectivity index (χ0n) is 8.99. The summed E-state index contributed by atoms with van der Waals surface area (Å²) in [7, 11) is 1.84. The molecule has 0 atom stereocenters. The lowest BCUT2D eigenvalue weighted by Gasteiger charge is -2.19. The number of carbonyl (C=O) groups is 1. The van der Waals surface area contributed by atoms with Crippen LogP contribution in [-0.4, -0.2) is 17.9 Å². The van der Waals surface area contributed by atoms with Gasteiger partial charge in [-0.2, -0.15) is 0 Å². The van der Waals surface area contributed by atoms with Crippen molar-refractivity contribution in [2.45, 2.75) is 19.3 Å². The molecule has 1 aliphatic rings. The Hall–Kier alpha value is -1.71. The molecule has 1 heterocycles. The molecule has 0 bridgehead atoms. The van der Waals surface area contributed by atoms with E-state index in [1.54, 1.807) is 17.3 Å². The van der Waals surface area contributed by atoms with Crippen molar-refractivity contribution >= 4 is 5.91 Å². The maximum absolute atomic E-state index is 11.5. The average molecular weight is 207 g/mol. The minimum absolute atomic E-state index is 0.253. The van der Waals surface area contributed by atoms with Gasteiger partial charge >= 0.3 is 0 Å². The van der Waals surface area contributed by atoms with Gasteiger partial charge in [-0.1, -0.05) is 12.7 Å². The molecular weight excluding hydrogens is 190 g/mol. The Labute approximate surface area is 90.1 Å². The number of nitrogens with two attached hydrogens (primary N) is 1. The molecule has 0 unspecified atom stereocenters. The van der Waals surface area contributed by atoms with Crippen molar-refractivity contribution in [1.29, 1.82) is 0 Å². The predicted octanol–water partition coefficient (Wildman–Crippen LogP) is 1.05. The first-order valence-electron chi connectivity index (χ1n) is 4.96. The van der Waals surface area contributed by atoms with Crippen molar-refractivity contribution in [3.05, 3.63) is 36.4 Å². The van der Waals surface area contributed by atoms with Crippen molar-refractivity contribution in [1.82, 2.24) is 10.2 Å². The Morgan fingerprint density at radius 2 is 2.40 bits per heavy atom. The van der Waals surface area contributed by atoms with E-state index in [-0.39, 0.29) is 11.6 Å². The Balaban J connectivity index is 2.96. The van der Waals surface area contributed by atoms with Crippen LogP contribution in [0.1, 0.15) is 19.3 Å². The Bertz CT molecular complexity index is 318. The molecule has 82 valence electrons. The highest BCUT2D eigenvalue weighted by atomic mass is 16.1. The first kappa shape index (κ1) is 11.4. The van der Waals surface area contributed by atoms with Gasteiger partial charge < -0.3 is 16.0 Å². The molecule has 0 aliphatic carbocycles. The molecule has 4 heteroatoms. The third-order valence-corrected chi connectivity index (χ3v) is 2.37. The lowest BCUT2D eigenvalue weighted by Crippen LogP contribution is -2.28. The van der Waals surface area contributed by atoms with Gasteiger partial charge in [0.25, 0.3) is 5.91 Å². The Morgan fingerprint density at radius 3 is 3.07 bits per heavy atom. The zero-order valence-corrected chi connectivity index (χ0v) is 8.99. The van der Waals surface area contributed by atoms with Crippen molar-refractivity contribution in [3.8, 4) is 0 Å². The SMILES string of the molecule is C=CN(C)/C1=C(\N)C(=O)N/C=C/CCC1. The van der Waals surface area contributed by atoms with Crippen molar-refractivity contribution in [2.75, 3.05) is 7.05 Å². The van der Waals surface area contributed by atoms with Gasteiger partial charge in [-0.25, -0.2) is 0 Å². The molecule has 0 radical (unpaired) electrons. The zero-order chi connectivity index (χ0) is 11.3. The van der Waals surface area contributed by atoms with Gasteiger partial charge in [0.1, 0.15) is 5.70 Å². The quantitative estimate of drug-likeness (QED) is 0.711. The van der Waals surface area contributed by atoms with Crippen molar-refractivity contribution < 1.29 is 4.79 Å². The van der Waals surface area contributed by atoms with Crippen LogP contribution in [0.25, 0.3) is 0 Å². The van der Waals surface area contributed by atoms with E-state index in [1.807, 2.05) is 13.1 Å². The van der Waals surface area contributed by atoms with E-state index >= 15 is 0 Å². The highest BCUT2D eigenvalue weighted by molar-refractivity contribution is 5.93. The van der Waals surface area contributed by atoms with Gasteiger partial charge in [0.05, 0.1) is 0 Å². The molecule has 15 heavy (non-hydrogen) atoms. The number of nitrogens with one attached hydrogen (secondary N) is 1. The number of allylic oxidation sites excluding steroid dienone is 2. The van der Waals surface area contributed by atoms with Crippen molar-refractivity contribution in [3.63, 3.8) is 0 Å². The Morgan fingerprint density at radius 1 is 1.67 bits per heavy atom. The lowest BCUT2D eigenvalue weighted by molar-refractivity contribution is -0.116. The highest BCUT2D eigenvalue weighted by Crippen LogP contribution is 2.15. The van der Waals surface area contributed by atoms with Crippen LogP contribution < -0.4 is 11.1 Å². The number of carbonyl (C=O) groups excluding carboxylic acids is 1. The first-order valence-corrected chi connectivity index (χ1v) is 4.96. The summed E-state index contributed by atoms with van der Waals surface area (Å²) in [5.74, 6) is -0.253. The van der Waals surface area contributed by atoms with E-state index in [0.717, 1.165) is 25.0 Å². The monoisotopic (exact) mass is 207 g/mol. The van der Waals surface area contributed by atoms with E-state index in [4.69, 9.17) is 5.73 Å². The summed E-state index contributed by atoms with van der Waals surface area (Å²) in [6, 6.07) is 0. The van der Waals surface area contributed by atoms with Crippen LogP contribution in [0.2, 0.25) is 0 Å². The van der Waals surface area contributed by atoms with E-state index < -0.39 is 0 Å². The summed E-state index contributed by atoms with van der Waals surface area (Å²) in [6.07, 6.45) is 7.92. The average Bonchev–Trinajstić information content (AvgIpc) is 2.32. The molecule has 0 spiro atoms. The summed E-state index contributed by atoms with van der Waals surface area (Å²) in [4.78, 5) is 13.3. The van der Waals surface area contributed by atoms with Crippen molar-refractivity contribution in [2.24, 2.45) is 5.73 Å². The number of amides is 1. The summed E-state index contributed by atoms with van der Waals surface area (Å²) < 4.78 is 0. The van der Waals surface area contributed by atoms with Crippen LogP contribution in [0.5, 0.6) is 0 Å². The molecule has 0 saturated carbocycles. The standard InChI is InChI=1S/C11H17N3O/c1-3-14(2)9-7-5-4-6-8-13-11(15)10(9)12/h3,6,8H,1,4-5,7,12H2,2H3,(H,13,15)/b8-6+,10-9-. The van der Waals surface area contributed by atoms with Crippen LogP contribution >= 0.6 is 0 Å². The van der Waals surface area contributed by atoms with E-state index in [9.17, 15) is 4.79 Å². The van der Waals surface area contributed by atoms with Gasteiger partial charge in [-0.3, -0.25) is 4.79 Å². The molecule has 0 saturated heterocycles. The van der Waals surface area contributed by atoms with Gasteiger partial charge in [-0.05, 0) is 25.5 Å². The summed E-state index contributed by atoms with van der Waals surface area (Å²) in [6.45, 7) is 3.66. The van der Waals surface area contributed by atoms with E-state index in [0.29, 0.717) is 0 Å². The minimum atomic E-state index is -0.253. The second-order valence-electron chi connectivity index (χ2n) is 3.42. The molecule has 1 amide bonds. The molecule has 0 aromatic carbocycles. The summed E-state index contributed by atoms with van der Waals surface area (Å²) in [5, 5.41) is 2.62. The van der Waals surface area contributed by atoms with E-state index in [1.165, 1.54) is 0 Å². The molecule has 3 N–H and O–H groups in total. The molecule has 4 nitrogen and oxygen atoms in total. The minimum Gasteiger partial charge on any atom is -0.393 e. The maximum atomic E-state index is 11.5. The van der Waals surface area contributed by atoms with E-state index in [2.05, 4.69) is 11.9 Å². The second-order valence-corrected chi connectivity index (χ2v) is 3.42. The molecule has 1 rings (SSSR count). The molecule has 0 fully saturated rings. The fraction of sp³-hybridized carbons (Fsp3) is 0.364. The predicted molar refractivity (Wildman–Crippen MR) is 60.3 cm³/mol. The van der Waals surface area contributed by atoms with Gasteiger partial charge in [-0.15, -0.1) is 0 Å². The topological polar surface area (TPSA) is 58.4 Å². The number of hydrogen-bond acceptors (Lipinski definition) is 3. The third kappa shape index (κ3) is 2.87. The van der Waals surface area contributed by atoms with Crippen LogP contribution in [0.3, 0.4) is 0 Å². The summed E-state index contributed by atoms with van der Waals surface area (Å²) in [5.41, 5.74) is 6.87. The fourth-order valence-electron chi connectivity index (χ4n) is 1.43. The van der Waals surface area contributed by atoms with Crippen LogP contribution in [0, 0.1) is 0 Å². The van der Waals surface area contributed by atoms with Crippen LogP contribution in [0.4, 0.5) is 0 Å². The van der Waals surface area contributed by atoms with Gasteiger partial charge in [0.15, 0.2) is 0 Å². The third-order valence-electron chi connectivity index (χ3n) is 2.37. The van der Waals surface area contributed by atoms with Crippen LogP contribution in [0.15, 0.2) is 36.4 Å². The normalized spacial score (nSPS) is 24.5. The fourth-order valence-corrected chi connectivity index (χ4v) is 1.43. The highest BCUT2D eigenvalue weighted by Gasteiger charge is 2.14. The number of hydrogen-bond donors (Lipinski definition) is 2. The molecule has 0 aromatic rings. The van der Waals surface area contributed by atoms with Gasteiger partial charge in [0, 0.05) is 18.9 Å². The Kier molecular flexibility index (Phi) is 3.97. The smallest absolute Gasteiger partial charge is 0.272 e. The maximum Gasteiger partial charge on any atom is 0.272 e. The molecular formula is C11H17N3O. The second kappa shape index (κ2) is 5.24. The molecule has 1 aliphatic heterocycles. The lowest BCUT2D eigenvalue weighted by atomic mass is 10.1. The van der Waals surface area contributed by atoms with Gasteiger partial charge in [0.2, 0.25) is 0 Å². The van der Waals surface area contributed by atoms with Crippen LogP contribution in [-0.2, 0) is 4.79 Å². The summed E-state index contributed by atoms with van der Waals surface area (Å²) >= 11 is 0. The number of nitrogens with zero attached hydrogens (tertiary/aromatic N) is 1. The largest absolute Gasteiger partial charge is 0.393 e. The molecule has 0 aromatic heterocycles. The first-order chi connectivity index (χ1) is 7.16. The number of rotatable bonds is 2.